The van der Waals surface area contributed by atoms with Crippen LogP contribution in [0.25, 0.3) is 0 Å². The average Bonchev–Trinajstić information content (AvgIpc) is 2.73. The fourth-order valence-corrected chi connectivity index (χ4v) is 1.63. The van der Waals surface area contributed by atoms with Crippen molar-refractivity contribution >= 4 is 17.5 Å². The quantitative estimate of drug-likeness (QED) is 0.911. The molecule has 0 saturated heterocycles. The van der Waals surface area contributed by atoms with E-state index in [4.69, 9.17) is 16.1 Å². The Morgan fingerprint density at radius 1 is 1.47 bits per heavy atom. The Morgan fingerprint density at radius 3 is 2.88 bits per heavy atom. The van der Waals surface area contributed by atoms with E-state index in [0.717, 1.165) is 0 Å². The summed E-state index contributed by atoms with van der Waals surface area (Å²) in [4.78, 5) is 11.8. The minimum absolute atomic E-state index is 0.226. The molecule has 0 saturated carbocycles. The van der Waals surface area contributed by atoms with Crippen LogP contribution in [0.5, 0.6) is 0 Å². The maximum absolute atomic E-state index is 11.8. The number of halogens is 1. The lowest BCUT2D eigenvalue weighted by Gasteiger charge is -2.04. The molecule has 5 heteroatoms. The van der Waals surface area contributed by atoms with Crippen molar-refractivity contribution in [2.24, 2.45) is 0 Å². The zero-order chi connectivity index (χ0) is 12.3. The molecule has 0 spiro atoms. The van der Waals surface area contributed by atoms with Gasteiger partial charge in [0.1, 0.15) is 11.5 Å². The van der Waals surface area contributed by atoms with Gasteiger partial charge in [-0.1, -0.05) is 28.9 Å². The van der Waals surface area contributed by atoms with Crippen LogP contribution in [0.3, 0.4) is 0 Å². The largest absolute Gasteiger partial charge is 0.361 e. The van der Waals surface area contributed by atoms with Crippen LogP contribution in [0, 0.1) is 6.92 Å². The number of hydrogen-bond donors (Lipinski definition) is 1. The van der Waals surface area contributed by atoms with Crippen LogP contribution in [0.2, 0.25) is 5.02 Å². The molecule has 1 aromatic heterocycles. The van der Waals surface area contributed by atoms with E-state index in [1.807, 2.05) is 0 Å². The first kappa shape index (κ1) is 11.7. The van der Waals surface area contributed by atoms with Crippen molar-refractivity contribution in [3.05, 3.63) is 52.4 Å². The van der Waals surface area contributed by atoms with Crippen LogP contribution in [-0.4, -0.2) is 11.1 Å². The summed E-state index contributed by atoms with van der Waals surface area (Å²) >= 11 is 5.91. The van der Waals surface area contributed by atoms with E-state index in [-0.39, 0.29) is 5.91 Å². The van der Waals surface area contributed by atoms with Gasteiger partial charge < -0.3 is 9.84 Å². The Morgan fingerprint density at radius 2 is 2.24 bits per heavy atom. The number of aromatic nitrogens is 1. The van der Waals surface area contributed by atoms with Crippen LogP contribution in [0.1, 0.15) is 21.8 Å². The van der Waals surface area contributed by atoms with Gasteiger partial charge in [0.15, 0.2) is 0 Å². The molecule has 0 unspecified atom stereocenters. The average molecular weight is 251 g/mol. The Kier molecular flexibility index (Phi) is 3.44. The second kappa shape index (κ2) is 5.01. The molecular formula is C12H11ClN2O2. The molecule has 2 rings (SSSR count). The van der Waals surface area contributed by atoms with Gasteiger partial charge in [-0.3, -0.25) is 4.79 Å². The molecule has 1 aromatic carbocycles. The molecule has 0 radical (unpaired) electrons. The highest BCUT2D eigenvalue weighted by Crippen LogP contribution is 2.14. The number of nitrogens with zero attached hydrogens (tertiary/aromatic N) is 1. The van der Waals surface area contributed by atoms with Crippen LogP contribution in [-0.2, 0) is 6.54 Å². The van der Waals surface area contributed by atoms with Gasteiger partial charge in [0, 0.05) is 6.07 Å². The van der Waals surface area contributed by atoms with Crippen molar-refractivity contribution in [1.82, 2.24) is 10.5 Å². The van der Waals surface area contributed by atoms with Crippen LogP contribution in [0.4, 0.5) is 0 Å². The SMILES string of the molecule is Cc1cc(CNC(=O)c2ccccc2Cl)no1. The van der Waals surface area contributed by atoms with E-state index in [1.54, 1.807) is 37.3 Å². The summed E-state index contributed by atoms with van der Waals surface area (Å²) in [5, 5.41) is 6.94. The summed E-state index contributed by atoms with van der Waals surface area (Å²) in [5.41, 5.74) is 1.14. The second-order valence-electron chi connectivity index (χ2n) is 3.59. The van der Waals surface area contributed by atoms with Gasteiger partial charge in [0.25, 0.3) is 5.91 Å². The fraction of sp³-hybridized carbons (Fsp3) is 0.167. The Balaban J connectivity index is 2.01. The normalized spacial score (nSPS) is 10.2. The lowest BCUT2D eigenvalue weighted by atomic mass is 10.2. The van der Waals surface area contributed by atoms with Gasteiger partial charge in [-0.25, -0.2) is 0 Å². The van der Waals surface area contributed by atoms with Crippen molar-refractivity contribution in [2.75, 3.05) is 0 Å². The standard InChI is InChI=1S/C12H11ClN2O2/c1-8-6-9(15-17-8)7-14-12(16)10-4-2-3-5-11(10)13/h2-6H,7H2,1H3,(H,14,16). The topological polar surface area (TPSA) is 55.1 Å². The third kappa shape index (κ3) is 2.85. The van der Waals surface area contributed by atoms with E-state index >= 15 is 0 Å². The molecule has 1 amide bonds. The number of aryl methyl sites for hydroxylation is 1. The molecule has 1 N–H and O–H groups in total. The highest BCUT2D eigenvalue weighted by molar-refractivity contribution is 6.33. The van der Waals surface area contributed by atoms with Crippen LogP contribution in [0.15, 0.2) is 34.9 Å². The number of carbonyl (C=O) groups excluding carboxylic acids is 1. The summed E-state index contributed by atoms with van der Waals surface area (Å²) in [6.45, 7) is 2.12. The second-order valence-corrected chi connectivity index (χ2v) is 4.00. The first-order valence-electron chi connectivity index (χ1n) is 5.12. The van der Waals surface area contributed by atoms with Gasteiger partial charge in [-0.05, 0) is 19.1 Å². The molecule has 1 heterocycles. The maximum atomic E-state index is 11.8. The summed E-state index contributed by atoms with van der Waals surface area (Å²) in [6, 6.07) is 8.66. The van der Waals surface area contributed by atoms with Crippen LogP contribution < -0.4 is 5.32 Å². The molecular weight excluding hydrogens is 240 g/mol. The third-order valence-corrected chi connectivity index (χ3v) is 2.55. The van der Waals surface area contributed by atoms with E-state index in [2.05, 4.69) is 10.5 Å². The smallest absolute Gasteiger partial charge is 0.253 e. The highest BCUT2D eigenvalue weighted by Gasteiger charge is 2.09. The van der Waals surface area contributed by atoms with E-state index in [1.165, 1.54) is 0 Å². The van der Waals surface area contributed by atoms with Gasteiger partial charge in [-0.2, -0.15) is 0 Å². The summed E-state index contributed by atoms with van der Waals surface area (Å²) in [5.74, 6) is 0.489. The molecule has 0 aliphatic carbocycles. The zero-order valence-electron chi connectivity index (χ0n) is 9.24. The molecule has 0 aliphatic rings. The molecule has 2 aromatic rings. The zero-order valence-corrected chi connectivity index (χ0v) is 9.99. The molecule has 4 nitrogen and oxygen atoms in total. The number of nitrogens with one attached hydrogen (secondary N) is 1. The minimum Gasteiger partial charge on any atom is -0.361 e. The lowest BCUT2D eigenvalue weighted by Crippen LogP contribution is -2.23. The summed E-state index contributed by atoms with van der Waals surface area (Å²) < 4.78 is 4.90. The summed E-state index contributed by atoms with van der Waals surface area (Å²) in [7, 11) is 0. The highest BCUT2D eigenvalue weighted by atomic mass is 35.5. The first-order valence-corrected chi connectivity index (χ1v) is 5.49. The monoisotopic (exact) mass is 250 g/mol. The van der Waals surface area contributed by atoms with Gasteiger partial charge in [0.2, 0.25) is 0 Å². The first-order chi connectivity index (χ1) is 8.16. The third-order valence-electron chi connectivity index (χ3n) is 2.23. The molecule has 0 atom stereocenters. The fourth-order valence-electron chi connectivity index (χ4n) is 1.41. The maximum Gasteiger partial charge on any atom is 0.253 e. The molecule has 0 fully saturated rings. The number of benzene rings is 1. The lowest BCUT2D eigenvalue weighted by molar-refractivity contribution is 0.0950. The van der Waals surface area contributed by atoms with E-state index < -0.39 is 0 Å². The summed E-state index contributed by atoms with van der Waals surface area (Å²) in [6.07, 6.45) is 0. The molecule has 0 aliphatic heterocycles. The Hall–Kier alpha value is -1.81. The number of carbonyl (C=O) groups is 1. The number of amides is 1. The Labute approximate surface area is 104 Å². The van der Waals surface area contributed by atoms with Crippen LogP contribution >= 0.6 is 11.6 Å². The van der Waals surface area contributed by atoms with Gasteiger partial charge in [-0.15, -0.1) is 0 Å². The predicted octanol–water partition coefficient (Wildman–Crippen LogP) is 2.57. The molecule has 88 valence electrons. The van der Waals surface area contributed by atoms with Crippen molar-refractivity contribution in [1.29, 1.82) is 0 Å². The van der Waals surface area contributed by atoms with Crippen molar-refractivity contribution in [2.45, 2.75) is 13.5 Å². The van der Waals surface area contributed by atoms with Crippen molar-refractivity contribution in [3.63, 3.8) is 0 Å². The van der Waals surface area contributed by atoms with Gasteiger partial charge >= 0.3 is 0 Å². The number of hydrogen-bond acceptors (Lipinski definition) is 3. The van der Waals surface area contributed by atoms with E-state index in [9.17, 15) is 4.79 Å². The van der Waals surface area contributed by atoms with E-state index in [0.29, 0.717) is 28.6 Å². The Bertz CT molecular complexity index is 537. The number of rotatable bonds is 3. The molecule has 17 heavy (non-hydrogen) atoms. The molecule has 0 bridgehead atoms. The van der Waals surface area contributed by atoms with Crippen molar-refractivity contribution < 1.29 is 9.32 Å². The van der Waals surface area contributed by atoms with Gasteiger partial charge in [0.05, 0.1) is 17.1 Å². The predicted molar refractivity (Wildman–Crippen MR) is 63.9 cm³/mol. The van der Waals surface area contributed by atoms with Crippen molar-refractivity contribution in [3.8, 4) is 0 Å². The minimum atomic E-state index is -0.226.